The SMILES string of the molecule is Cl.OCCNc1nc(N2CCN(c3ccccc3)CC2)nc2ccccc12. The summed E-state index contributed by atoms with van der Waals surface area (Å²) in [5, 5.41) is 13.3. The Bertz CT molecular complexity index is 869. The van der Waals surface area contributed by atoms with Crippen LogP contribution in [0.4, 0.5) is 17.5 Å². The van der Waals surface area contributed by atoms with Crippen molar-refractivity contribution in [3.63, 3.8) is 0 Å². The smallest absolute Gasteiger partial charge is 0.228 e. The number of para-hydroxylation sites is 2. The molecule has 3 aromatic rings. The summed E-state index contributed by atoms with van der Waals surface area (Å²) >= 11 is 0. The van der Waals surface area contributed by atoms with Gasteiger partial charge in [0, 0.05) is 43.8 Å². The number of aliphatic hydroxyl groups excluding tert-OH is 1. The third kappa shape index (κ3) is 4.23. The number of hydrogen-bond donors (Lipinski definition) is 2. The Kier molecular flexibility index (Phi) is 6.32. The molecule has 0 radical (unpaired) electrons. The van der Waals surface area contributed by atoms with Gasteiger partial charge in [-0.05, 0) is 24.3 Å². The predicted molar refractivity (Wildman–Crippen MR) is 113 cm³/mol. The third-order valence-electron chi connectivity index (χ3n) is 4.68. The molecule has 2 N–H and O–H groups in total. The first kappa shape index (κ1) is 19.2. The van der Waals surface area contributed by atoms with Crippen molar-refractivity contribution >= 4 is 40.8 Å². The van der Waals surface area contributed by atoms with Crippen molar-refractivity contribution in [2.75, 3.05) is 54.4 Å². The molecule has 0 atom stereocenters. The van der Waals surface area contributed by atoms with Gasteiger partial charge >= 0.3 is 0 Å². The number of aliphatic hydroxyl groups is 1. The van der Waals surface area contributed by atoms with Crippen LogP contribution in [0, 0.1) is 0 Å². The number of piperazine rings is 1. The molecule has 1 aliphatic rings. The van der Waals surface area contributed by atoms with Gasteiger partial charge in [-0.3, -0.25) is 0 Å². The number of nitrogens with zero attached hydrogens (tertiary/aromatic N) is 4. The number of anilines is 3. The fourth-order valence-electron chi connectivity index (χ4n) is 3.32. The number of aromatic nitrogens is 2. The zero-order chi connectivity index (χ0) is 17.8. The molecular formula is C20H24ClN5O. The zero-order valence-electron chi connectivity index (χ0n) is 15.1. The number of nitrogens with one attached hydrogen (secondary N) is 1. The molecule has 1 aromatic heterocycles. The molecule has 2 aromatic carbocycles. The van der Waals surface area contributed by atoms with Crippen molar-refractivity contribution in [3.05, 3.63) is 54.6 Å². The van der Waals surface area contributed by atoms with E-state index in [0.29, 0.717) is 6.54 Å². The summed E-state index contributed by atoms with van der Waals surface area (Å²) in [4.78, 5) is 14.1. The Morgan fingerprint density at radius 1 is 0.852 bits per heavy atom. The highest BCUT2D eigenvalue weighted by molar-refractivity contribution is 5.90. The lowest BCUT2D eigenvalue weighted by Gasteiger charge is -2.36. The first-order valence-electron chi connectivity index (χ1n) is 9.01. The maximum Gasteiger partial charge on any atom is 0.228 e. The van der Waals surface area contributed by atoms with Crippen molar-refractivity contribution in [1.82, 2.24) is 9.97 Å². The number of benzene rings is 2. The maximum atomic E-state index is 9.13. The van der Waals surface area contributed by atoms with Crippen LogP contribution < -0.4 is 15.1 Å². The molecule has 142 valence electrons. The molecule has 1 saturated heterocycles. The lowest BCUT2D eigenvalue weighted by atomic mass is 10.2. The van der Waals surface area contributed by atoms with Crippen molar-refractivity contribution < 1.29 is 5.11 Å². The highest BCUT2D eigenvalue weighted by Crippen LogP contribution is 2.24. The van der Waals surface area contributed by atoms with Gasteiger partial charge in [-0.2, -0.15) is 4.98 Å². The highest BCUT2D eigenvalue weighted by atomic mass is 35.5. The number of halogens is 1. The number of fused-ring (bicyclic) bond motifs is 1. The maximum absolute atomic E-state index is 9.13. The van der Waals surface area contributed by atoms with E-state index in [1.54, 1.807) is 0 Å². The fourth-order valence-corrected chi connectivity index (χ4v) is 3.32. The van der Waals surface area contributed by atoms with E-state index >= 15 is 0 Å². The largest absolute Gasteiger partial charge is 0.395 e. The minimum absolute atomic E-state index is 0. The molecule has 0 amide bonds. The zero-order valence-corrected chi connectivity index (χ0v) is 15.9. The van der Waals surface area contributed by atoms with E-state index in [1.165, 1.54) is 5.69 Å². The van der Waals surface area contributed by atoms with Gasteiger partial charge in [-0.1, -0.05) is 30.3 Å². The van der Waals surface area contributed by atoms with Gasteiger partial charge in [0.2, 0.25) is 5.95 Å². The van der Waals surface area contributed by atoms with E-state index in [9.17, 15) is 0 Å². The van der Waals surface area contributed by atoms with Crippen molar-refractivity contribution in [1.29, 1.82) is 0 Å². The topological polar surface area (TPSA) is 64.5 Å². The minimum Gasteiger partial charge on any atom is -0.395 e. The van der Waals surface area contributed by atoms with Crippen LogP contribution in [0.5, 0.6) is 0 Å². The lowest BCUT2D eigenvalue weighted by molar-refractivity contribution is 0.311. The monoisotopic (exact) mass is 385 g/mol. The van der Waals surface area contributed by atoms with Crippen LogP contribution in [-0.2, 0) is 0 Å². The van der Waals surface area contributed by atoms with E-state index in [1.807, 2.05) is 30.3 Å². The molecule has 0 bridgehead atoms. The molecule has 1 aliphatic heterocycles. The van der Waals surface area contributed by atoms with E-state index < -0.39 is 0 Å². The van der Waals surface area contributed by atoms with Crippen LogP contribution in [0.3, 0.4) is 0 Å². The third-order valence-corrected chi connectivity index (χ3v) is 4.68. The van der Waals surface area contributed by atoms with Gasteiger partial charge in [0.05, 0.1) is 12.1 Å². The van der Waals surface area contributed by atoms with Gasteiger partial charge in [0.25, 0.3) is 0 Å². The summed E-state index contributed by atoms with van der Waals surface area (Å²) in [6.07, 6.45) is 0. The molecule has 27 heavy (non-hydrogen) atoms. The standard InChI is InChI=1S/C20H23N5O.ClH/c26-15-10-21-19-17-8-4-5-9-18(17)22-20(23-19)25-13-11-24(12-14-25)16-6-2-1-3-7-16;/h1-9,26H,10-15H2,(H,21,22,23);1H. The second kappa shape index (κ2) is 8.88. The summed E-state index contributed by atoms with van der Waals surface area (Å²) < 4.78 is 0. The Hall–Kier alpha value is -2.57. The van der Waals surface area contributed by atoms with Crippen molar-refractivity contribution in [2.45, 2.75) is 0 Å². The summed E-state index contributed by atoms with van der Waals surface area (Å²) in [5.41, 5.74) is 2.18. The van der Waals surface area contributed by atoms with Gasteiger partial charge in [0.1, 0.15) is 5.82 Å². The molecule has 4 rings (SSSR count). The molecule has 7 heteroatoms. The van der Waals surface area contributed by atoms with Gasteiger partial charge in [-0.15, -0.1) is 12.4 Å². The van der Waals surface area contributed by atoms with Crippen molar-refractivity contribution in [2.24, 2.45) is 0 Å². The predicted octanol–water partition coefficient (Wildman–Crippen LogP) is 2.78. The quantitative estimate of drug-likeness (QED) is 0.704. The molecular weight excluding hydrogens is 362 g/mol. The van der Waals surface area contributed by atoms with Crippen molar-refractivity contribution in [3.8, 4) is 0 Å². The highest BCUT2D eigenvalue weighted by Gasteiger charge is 2.20. The Morgan fingerprint density at radius 2 is 1.52 bits per heavy atom. The molecule has 0 aliphatic carbocycles. The van der Waals surface area contributed by atoms with E-state index in [2.05, 4.69) is 39.4 Å². The second-order valence-corrected chi connectivity index (χ2v) is 6.35. The fraction of sp³-hybridized carbons (Fsp3) is 0.300. The summed E-state index contributed by atoms with van der Waals surface area (Å²) in [7, 11) is 0. The van der Waals surface area contributed by atoms with E-state index in [0.717, 1.165) is 48.8 Å². The molecule has 0 unspecified atom stereocenters. The summed E-state index contributed by atoms with van der Waals surface area (Å²) in [6.45, 7) is 4.20. The molecule has 2 heterocycles. The van der Waals surface area contributed by atoms with Gasteiger partial charge < -0.3 is 20.2 Å². The summed E-state index contributed by atoms with van der Waals surface area (Å²) in [6, 6.07) is 18.5. The first-order valence-corrected chi connectivity index (χ1v) is 9.01. The summed E-state index contributed by atoms with van der Waals surface area (Å²) in [5.74, 6) is 1.53. The average Bonchev–Trinajstić information content (AvgIpc) is 2.72. The molecule has 0 saturated carbocycles. The van der Waals surface area contributed by atoms with Gasteiger partial charge in [0.15, 0.2) is 0 Å². The van der Waals surface area contributed by atoms with E-state index in [4.69, 9.17) is 15.1 Å². The second-order valence-electron chi connectivity index (χ2n) is 6.35. The minimum atomic E-state index is 0. The molecule has 6 nitrogen and oxygen atoms in total. The Balaban J connectivity index is 0.00000210. The number of hydrogen-bond acceptors (Lipinski definition) is 6. The van der Waals surface area contributed by atoms with Gasteiger partial charge in [-0.25, -0.2) is 4.98 Å². The van der Waals surface area contributed by atoms with E-state index in [-0.39, 0.29) is 19.0 Å². The molecule has 0 spiro atoms. The number of rotatable bonds is 5. The van der Waals surface area contributed by atoms with Crippen LogP contribution in [0.25, 0.3) is 10.9 Å². The Labute approximate surface area is 165 Å². The van der Waals surface area contributed by atoms with Crippen LogP contribution in [-0.4, -0.2) is 54.4 Å². The first-order chi connectivity index (χ1) is 12.8. The lowest BCUT2D eigenvalue weighted by Crippen LogP contribution is -2.47. The molecule has 1 fully saturated rings. The van der Waals surface area contributed by atoms with Crippen LogP contribution in [0.2, 0.25) is 0 Å². The normalized spacial score (nSPS) is 14.1. The van der Waals surface area contributed by atoms with Crippen LogP contribution >= 0.6 is 12.4 Å². The van der Waals surface area contributed by atoms with Crippen LogP contribution in [0.1, 0.15) is 0 Å². The average molecular weight is 386 g/mol. The Morgan fingerprint density at radius 3 is 2.26 bits per heavy atom. The van der Waals surface area contributed by atoms with Crippen LogP contribution in [0.15, 0.2) is 54.6 Å².